The summed E-state index contributed by atoms with van der Waals surface area (Å²) >= 11 is 6.23. The molecule has 0 heterocycles. The molecule has 21 heavy (non-hydrogen) atoms. The molecule has 0 radical (unpaired) electrons. The zero-order valence-electron chi connectivity index (χ0n) is 12.6. The molecule has 0 unspecified atom stereocenters. The quantitative estimate of drug-likeness (QED) is 0.576. The minimum absolute atomic E-state index is 0.804. The summed E-state index contributed by atoms with van der Waals surface area (Å²) in [6.45, 7) is 7.50. The van der Waals surface area contributed by atoms with Gasteiger partial charge in [0, 0.05) is 11.6 Å². The summed E-state index contributed by atoms with van der Waals surface area (Å²) in [6, 6.07) is 17.1. The van der Waals surface area contributed by atoms with Crippen LogP contribution in [0.3, 0.4) is 0 Å². The van der Waals surface area contributed by atoms with Crippen molar-refractivity contribution in [2.24, 2.45) is 0 Å². The molecule has 0 N–H and O–H groups in total. The van der Waals surface area contributed by atoms with Gasteiger partial charge < -0.3 is 0 Å². The maximum atomic E-state index is 6.23. The Kier molecular flexibility index (Phi) is 4.14. The summed E-state index contributed by atoms with van der Waals surface area (Å²) in [5.74, 6) is 0. The van der Waals surface area contributed by atoms with Gasteiger partial charge >= 0.3 is 0 Å². The van der Waals surface area contributed by atoms with E-state index in [1.165, 1.54) is 27.1 Å². The molecule has 0 atom stereocenters. The number of fused-ring (bicyclic) bond motifs is 2. The van der Waals surface area contributed by atoms with Crippen LogP contribution < -0.4 is 0 Å². The van der Waals surface area contributed by atoms with Gasteiger partial charge in [-0.1, -0.05) is 55.8 Å². The first-order chi connectivity index (χ1) is 10.2. The van der Waals surface area contributed by atoms with Crippen molar-refractivity contribution in [3.05, 3.63) is 59.1 Å². The van der Waals surface area contributed by atoms with Crippen LogP contribution in [0.4, 0.5) is 0 Å². The molecule has 0 saturated heterocycles. The molecule has 0 fully saturated rings. The molecule has 3 aromatic carbocycles. The van der Waals surface area contributed by atoms with Gasteiger partial charge in [-0.05, 0) is 58.4 Å². The predicted octanol–water partition coefficient (Wildman–Crippen LogP) is 5.49. The molecular formula is C19H20ClN. The molecule has 0 aliphatic carbocycles. The Bertz CT molecular complexity index is 775. The van der Waals surface area contributed by atoms with E-state index < -0.39 is 0 Å². The van der Waals surface area contributed by atoms with E-state index in [1.807, 2.05) is 6.07 Å². The van der Waals surface area contributed by atoms with Gasteiger partial charge in [0.2, 0.25) is 0 Å². The first-order valence-electron chi connectivity index (χ1n) is 7.55. The molecule has 2 heteroatoms. The van der Waals surface area contributed by atoms with E-state index >= 15 is 0 Å². The smallest absolute Gasteiger partial charge is 0.0412 e. The van der Waals surface area contributed by atoms with Crippen molar-refractivity contribution in [3.63, 3.8) is 0 Å². The van der Waals surface area contributed by atoms with Crippen LogP contribution in [-0.2, 0) is 6.54 Å². The molecule has 0 spiro atoms. The molecule has 0 amide bonds. The average molecular weight is 298 g/mol. The van der Waals surface area contributed by atoms with E-state index in [0.29, 0.717) is 0 Å². The number of benzene rings is 3. The zero-order chi connectivity index (χ0) is 14.8. The number of halogens is 1. The van der Waals surface area contributed by atoms with Crippen molar-refractivity contribution in [3.8, 4) is 0 Å². The lowest BCUT2D eigenvalue weighted by atomic mass is 9.96. The van der Waals surface area contributed by atoms with Crippen LogP contribution in [0.1, 0.15) is 19.4 Å². The van der Waals surface area contributed by atoms with Crippen LogP contribution in [0.2, 0.25) is 5.02 Å². The van der Waals surface area contributed by atoms with Crippen LogP contribution >= 0.6 is 11.6 Å². The molecule has 108 valence electrons. The van der Waals surface area contributed by atoms with Crippen molar-refractivity contribution in [2.75, 3.05) is 13.1 Å². The summed E-state index contributed by atoms with van der Waals surface area (Å²) in [5, 5.41) is 5.97. The van der Waals surface area contributed by atoms with Gasteiger partial charge in [0.15, 0.2) is 0 Å². The van der Waals surface area contributed by atoms with Gasteiger partial charge in [-0.25, -0.2) is 0 Å². The largest absolute Gasteiger partial charge is 0.300 e. The Morgan fingerprint density at radius 3 is 2.33 bits per heavy atom. The second-order valence-electron chi connectivity index (χ2n) is 5.40. The van der Waals surface area contributed by atoms with E-state index in [9.17, 15) is 0 Å². The molecule has 1 nitrogen and oxygen atoms in total. The standard InChI is InChI=1S/C19H20ClN/c1-3-21(4-2)13-19-17-8-6-5-7-14(17)11-15-9-10-16(20)12-18(15)19/h5-12H,3-4,13H2,1-2H3. The highest BCUT2D eigenvalue weighted by molar-refractivity contribution is 6.31. The van der Waals surface area contributed by atoms with Crippen LogP contribution in [-0.4, -0.2) is 18.0 Å². The molecule has 0 bridgehead atoms. The van der Waals surface area contributed by atoms with Crippen LogP contribution in [0.15, 0.2) is 48.5 Å². The van der Waals surface area contributed by atoms with Crippen LogP contribution in [0.25, 0.3) is 21.5 Å². The van der Waals surface area contributed by atoms with Crippen molar-refractivity contribution >= 4 is 33.1 Å². The summed E-state index contributed by atoms with van der Waals surface area (Å²) < 4.78 is 0. The molecule has 0 saturated carbocycles. The third kappa shape index (κ3) is 2.76. The van der Waals surface area contributed by atoms with Crippen molar-refractivity contribution in [1.82, 2.24) is 4.90 Å². The molecule has 0 aliphatic rings. The van der Waals surface area contributed by atoms with Crippen molar-refractivity contribution < 1.29 is 0 Å². The number of rotatable bonds is 4. The molecule has 3 rings (SSSR count). The fourth-order valence-electron chi connectivity index (χ4n) is 2.97. The highest BCUT2D eigenvalue weighted by Crippen LogP contribution is 2.31. The zero-order valence-corrected chi connectivity index (χ0v) is 13.3. The third-order valence-corrected chi connectivity index (χ3v) is 4.45. The lowest BCUT2D eigenvalue weighted by Crippen LogP contribution is -2.22. The molecule has 0 aliphatic heterocycles. The van der Waals surface area contributed by atoms with E-state index in [0.717, 1.165) is 24.7 Å². The van der Waals surface area contributed by atoms with Gasteiger partial charge in [0.25, 0.3) is 0 Å². The lowest BCUT2D eigenvalue weighted by Gasteiger charge is -2.21. The second kappa shape index (κ2) is 6.05. The normalized spacial score (nSPS) is 11.6. The number of hydrogen-bond donors (Lipinski definition) is 0. The fourth-order valence-corrected chi connectivity index (χ4v) is 3.14. The van der Waals surface area contributed by atoms with Gasteiger partial charge in [-0.3, -0.25) is 4.90 Å². The summed E-state index contributed by atoms with van der Waals surface area (Å²) in [6.07, 6.45) is 0. The van der Waals surface area contributed by atoms with E-state index in [-0.39, 0.29) is 0 Å². The predicted molar refractivity (Wildman–Crippen MR) is 93.1 cm³/mol. The Balaban J connectivity index is 2.30. The molecule has 0 aromatic heterocycles. The van der Waals surface area contributed by atoms with Gasteiger partial charge in [0.05, 0.1) is 0 Å². The fraction of sp³-hybridized carbons (Fsp3) is 0.263. The van der Waals surface area contributed by atoms with Crippen LogP contribution in [0, 0.1) is 0 Å². The van der Waals surface area contributed by atoms with E-state index in [4.69, 9.17) is 11.6 Å². The highest BCUT2D eigenvalue weighted by Gasteiger charge is 2.10. The molecular weight excluding hydrogens is 278 g/mol. The minimum atomic E-state index is 0.804. The maximum Gasteiger partial charge on any atom is 0.0412 e. The Morgan fingerprint density at radius 2 is 1.57 bits per heavy atom. The van der Waals surface area contributed by atoms with Gasteiger partial charge in [0.1, 0.15) is 0 Å². The number of nitrogens with zero attached hydrogens (tertiary/aromatic N) is 1. The minimum Gasteiger partial charge on any atom is -0.300 e. The van der Waals surface area contributed by atoms with Gasteiger partial charge in [-0.2, -0.15) is 0 Å². The van der Waals surface area contributed by atoms with E-state index in [1.54, 1.807) is 0 Å². The summed E-state index contributed by atoms with van der Waals surface area (Å²) in [5.41, 5.74) is 1.38. The highest BCUT2D eigenvalue weighted by atomic mass is 35.5. The Hall–Kier alpha value is -1.57. The molecule has 3 aromatic rings. The van der Waals surface area contributed by atoms with E-state index in [2.05, 4.69) is 61.2 Å². The Labute approximate surface area is 131 Å². The third-order valence-electron chi connectivity index (χ3n) is 4.21. The van der Waals surface area contributed by atoms with Crippen molar-refractivity contribution in [2.45, 2.75) is 20.4 Å². The summed E-state index contributed by atoms with van der Waals surface area (Å²) in [4.78, 5) is 2.45. The lowest BCUT2D eigenvalue weighted by molar-refractivity contribution is 0.298. The maximum absolute atomic E-state index is 6.23. The SMILES string of the molecule is CCN(CC)Cc1c2ccccc2cc2ccc(Cl)cc12. The summed E-state index contributed by atoms with van der Waals surface area (Å²) in [7, 11) is 0. The number of hydrogen-bond acceptors (Lipinski definition) is 1. The van der Waals surface area contributed by atoms with Gasteiger partial charge in [-0.15, -0.1) is 0 Å². The first-order valence-corrected chi connectivity index (χ1v) is 7.93. The second-order valence-corrected chi connectivity index (χ2v) is 5.84. The first kappa shape index (κ1) is 14.4. The van der Waals surface area contributed by atoms with Crippen LogP contribution in [0.5, 0.6) is 0 Å². The average Bonchev–Trinajstić information content (AvgIpc) is 2.52. The Morgan fingerprint density at radius 1 is 0.857 bits per heavy atom. The monoisotopic (exact) mass is 297 g/mol. The topological polar surface area (TPSA) is 3.24 Å². The van der Waals surface area contributed by atoms with Crippen molar-refractivity contribution in [1.29, 1.82) is 0 Å².